The van der Waals surface area contributed by atoms with E-state index in [4.69, 9.17) is 28.3 Å². The van der Waals surface area contributed by atoms with E-state index in [2.05, 4.69) is 0 Å². The van der Waals surface area contributed by atoms with Crippen LogP contribution in [-0.2, 0) is 11.3 Å². The molecule has 1 aromatic rings. The van der Waals surface area contributed by atoms with Crippen LogP contribution in [0.1, 0.15) is 12.5 Å². The molecule has 1 aromatic carbocycles. The van der Waals surface area contributed by atoms with Crippen LogP contribution in [0.3, 0.4) is 0 Å². The molecule has 19 heavy (non-hydrogen) atoms. The predicted molar refractivity (Wildman–Crippen MR) is 65.4 cm³/mol. The van der Waals surface area contributed by atoms with Crippen LogP contribution in [0.15, 0.2) is 18.2 Å². The number of aliphatic carboxylic acids is 1. The van der Waals surface area contributed by atoms with Crippen LogP contribution in [0.4, 0.5) is 13.2 Å². The SMILES string of the molecule is CC(NCc1ccc(Cl)cc1Cl)(C(=O)O)C(F)(F)F. The molecule has 0 aliphatic carbocycles. The van der Waals surface area contributed by atoms with Gasteiger partial charge in [0.05, 0.1) is 0 Å². The van der Waals surface area contributed by atoms with E-state index in [0.29, 0.717) is 17.5 Å². The summed E-state index contributed by atoms with van der Waals surface area (Å²) < 4.78 is 38.2. The summed E-state index contributed by atoms with van der Waals surface area (Å²) in [5, 5.41) is 11.2. The largest absolute Gasteiger partial charge is 0.480 e. The lowest BCUT2D eigenvalue weighted by Gasteiger charge is -2.28. The smallest absolute Gasteiger partial charge is 0.417 e. The minimum Gasteiger partial charge on any atom is -0.480 e. The van der Waals surface area contributed by atoms with Gasteiger partial charge in [0.25, 0.3) is 0 Å². The van der Waals surface area contributed by atoms with Gasteiger partial charge < -0.3 is 5.11 Å². The summed E-state index contributed by atoms with van der Waals surface area (Å²) >= 11 is 11.5. The second-order valence-corrected chi connectivity index (χ2v) is 4.86. The summed E-state index contributed by atoms with van der Waals surface area (Å²) in [6.07, 6.45) is -4.93. The fourth-order valence-electron chi connectivity index (χ4n) is 1.23. The third kappa shape index (κ3) is 3.52. The number of carbonyl (C=O) groups is 1. The Morgan fingerprint density at radius 1 is 1.37 bits per heavy atom. The molecular weight excluding hydrogens is 306 g/mol. The highest BCUT2D eigenvalue weighted by Gasteiger charge is 2.57. The zero-order valence-electron chi connectivity index (χ0n) is 9.68. The molecule has 0 aromatic heterocycles. The first-order chi connectivity index (χ1) is 8.58. The van der Waals surface area contributed by atoms with Crippen molar-refractivity contribution in [3.05, 3.63) is 33.8 Å². The minimum atomic E-state index is -4.93. The zero-order valence-corrected chi connectivity index (χ0v) is 11.2. The van der Waals surface area contributed by atoms with E-state index in [-0.39, 0.29) is 11.6 Å². The highest BCUT2D eigenvalue weighted by Crippen LogP contribution is 2.31. The van der Waals surface area contributed by atoms with Gasteiger partial charge in [0, 0.05) is 16.6 Å². The van der Waals surface area contributed by atoms with Crippen LogP contribution in [0, 0.1) is 0 Å². The maximum atomic E-state index is 12.7. The number of benzene rings is 1. The normalized spacial score (nSPS) is 15.1. The molecule has 1 rings (SSSR count). The molecule has 0 aliphatic rings. The van der Waals surface area contributed by atoms with E-state index in [0.717, 1.165) is 0 Å². The summed E-state index contributed by atoms with van der Waals surface area (Å²) in [4.78, 5) is 10.8. The maximum Gasteiger partial charge on any atom is 0.417 e. The van der Waals surface area contributed by atoms with E-state index >= 15 is 0 Å². The molecule has 0 aliphatic heterocycles. The van der Waals surface area contributed by atoms with Crippen molar-refractivity contribution in [2.75, 3.05) is 0 Å². The molecule has 0 saturated heterocycles. The Morgan fingerprint density at radius 2 is 1.95 bits per heavy atom. The number of hydrogen-bond donors (Lipinski definition) is 2. The highest BCUT2D eigenvalue weighted by atomic mass is 35.5. The number of carboxylic acid groups (broad SMARTS) is 1. The first kappa shape index (κ1) is 16.1. The van der Waals surface area contributed by atoms with Crippen molar-refractivity contribution in [3.63, 3.8) is 0 Å². The number of halogens is 5. The first-order valence-corrected chi connectivity index (χ1v) is 5.82. The van der Waals surface area contributed by atoms with Gasteiger partial charge in [0.1, 0.15) is 0 Å². The fourth-order valence-corrected chi connectivity index (χ4v) is 1.71. The Morgan fingerprint density at radius 3 is 2.37 bits per heavy atom. The maximum absolute atomic E-state index is 12.7. The average Bonchev–Trinajstić information content (AvgIpc) is 2.25. The molecule has 106 valence electrons. The van der Waals surface area contributed by atoms with Crippen LogP contribution in [0.2, 0.25) is 10.0 Å². The van der Waals surface area contributed by atoms with Crippen LogP contribution in [-0.4, -0.2) is 22.8 Å². The number of nitrogens with one attached hydrogen (secondary N) is 1. The van der Waals surface area contributed by atoms with Crippen molar-refractivity contribution in [1.82, 2.24) is 5.32 Å². The Hall–Kier alpha value is -0.980. The van der Waals surface area contributed by atoms with E-state index < -0.39 is 17.7 Å². The van der Waals surface area contributed by atoms with E-state index in [9.17, 15) is 18.0 Å². The number of carboxylic acids is 1. The summed E-state index contributed by atoms with van der Waals surface area (Å²) in [6.45, 7) is 0.206. The average molecular weight is 316 g/mol. The number of alkyl halides is 3. The molecule has 0 amide bonds. The van der Waals surface area contributed by atoms with Crippen molar-refractivity contribution in [1.29, 1.82) is 0 Å². The van der Waals surface area contributed by atoms with Gasteiger partial charge in [-0.15, -0.1) is 0 Å². The van der Waals surface area contributed by atoms with Crippen molar-refractivity contribution in [2.45, 2.75) is 25.2 Å². The Balaban J connectivity index is 2.92. The van der Waals surface area contributed by atoms with Crippen molar-refractivity contribution >= 4 is 29.2 Å². The third-order valence-electron chi connectivity index (χ3n) is 2.64. The Kier molecular flexibility index (Phi) is 4.71. The van der Waals surface area contributed by atoms with Gasteiger partial charge in [-0.3, -0.25) is 5.32 Å². The summed E-state index contributed by atoms with van der Waals surface area (Å²) in [5.74, 6) is -2.01. The summed E-state index contributed by atoms with van der Waals surface area (Å²) in [5.41, 5.74) is -2.72. The molecule has 0 radical (unpaired) electrons. The van der Waals surface area contributed by atoms with E-state index in [1.54, 1.807) is 0 Å². The Bertz CT molecular complexity index is 493. The second-order valence-electron chi connectivity index (χ2n) is 4.02. The van der Waals surface area contributed by atoms with Crippen molar-refractivity contribution in [2.24, 2.45) is 0 Å². The fraction of sp³-hybridized carbons (Fsp3) is 0.364. The highest BCUT2D eigenvalue weighted by molar-refractivity contribution is 6.35. The number of hydrogen-bond acceptors (Lipinski definition) is 2. The summed E-state index contributed by atoms with van der Waals surface area (Å²) in [6, 6.07) is 4.25. The molecule has 8 heteroatoms. The monoisotopic (exact) mass is 315 g/mol. The predicted octanol–water partition coefficient (Wildman–Crippen LogP) is 3.49. The van der Waals surface area contributed by atoms with Gasteiger partial charge in [-0.05, 0) is 24.6 Å². The molecule has 1 unspecified atom stereocenters. The Labute approximate surface area is 117 Å². The van der Waals surface area contributed by atoms with Crippen LogP contribution < -0.4 is 5.32 Å². The molecule has 1 atom stereocenters. The lowest BCUT2D eigenvalue weighted by molar-refractivity contribution is -0.206. The standard InChI is InChI=1S/C11H10Cl2F3NO2/c1-10(9(18)19,11(14,15)16)17-5-6-2-3-7(12)4-8(6)13/h2-4,17H,5H2,1H3,(H,18,19). The second kappa shape index (κ2) is 5.56. The number of rotatable bonds is 4. The topological polar surface area (TPSA) is 49.3 Å². The molecule has 2 N–H and O–H groups in total. The molecule has 0 spiro atoms. The summed E-state index contributed by atoms with van der Waals surface area (Å²) in [7, 11) is 0. The van der Waals surface area contributed by atoms with Crippen molar-refractivity contribution in [3.8, 4) is 0 Å². The van der Waals surface area contributed by atoms with Gasteiger partial charge in [-0.1, -0.05) is 29.3 Å². The lowest BCUT2D eigenvalue weighted by atomic mass is 10.0. The minimum absolute atomic E-state index is 0.162. The molecule has 0 saturated carbocycles. The lowest BCUT2D eigenvalue weighted by Crippen LogP contribution is -2.59. The molecule has 0 bridgehead atoms. The zero-order chi connectivity index (χ0) is 14.8. The van der Waals surface area contributed by atoms with Gasteiger partial charge >= 0.3 is 12.1 Å². The van der Waals surface area contributed by atoms with Gasteiger partial charge in [-0.2, -0.15) is 13.2 Å². The third-order valence-corrected chi connectivity index (χ3v) is 3.23. The van der Waals surface area contributed by atoms with Gasteiger partial charge in [0.15, 0.2) is 0 Å². The van der Waals surface area contributed by atoms with E-state index in [1.807, 2.05) is 5.32 Å². The molecule has 0 fully saturated rings. The van der Waals surface area contributed by atoms with E-state index in [1.165, 1.54) is 18.2 Å². The molecule has 3 nitrogen and oxygen atoms in total. The quantitative estimate of drug-likeness (QED) is 0.894. The van der Waals surface area contributed by atoms with Crippen LogP contribution in [0.5, 0.6) is 0 Å². The molecule has 0 heterocycles. The van der Waals surface area contributed by atoms with Crippen molar-refractivity contribution < 1.29 is 23.1 Å². The van der Waals surface area contributed by atoms with Crippen LogP contribution in [0.25, 0.3) is 0 Å². The van der Waals surface area contributed by atoms with Gasteiger partial charge in [-0.25, -0.2) is 4.79 Å². The van der Waals surface area contributed by atoms with Gasteiger partial charge in [0.2, 0.25) is 5.54 Å². The molecular formula is C11H10Cl2F3NO2. The van der Waals surface area contributed by atoms with Crippen LogP contribution >= 0.6 is 23.2 Å². The first-order valence-electron chi connectivity index (χ1n) is 5.07.